The van der Waals surface area contributed by atoms with E-state index in [1.165, 1.54) is 0 Å². The van der Waals surface area contributed by atoms with Crippen LogP contribution in [-0.4, -0.2) is 50.6 Å². The minimum atomic E-state index is -3.70. The minimum Gasteiger partial charge on any atom is -0.355 e. The largest absolute Gasteiger partial charge is 0.355 e. The number of carbonyl (C=O) groups excluding carboxylic acids is 2. The van der Waals surface area contributed by atoms with Crippen molar-refractivity contribution in [3.63, 3.8) is 0 Å². The van der Waals surface area contributed by atoms with E-state index in [1.54, 1.807) is 29.2 Å². The second kappa shape index (κ2) is 8.05. The molecule has 5 rings (SSSR count). The second-order valence-electron chi connectivity index (χ2n) is 8.33. The summed E-state index contributed by atoms with van der Waals surface area (Å²) in [7, 11) is -3.70. The lowest BCUT2D eigenvalue weighted by molar-refractivity contribution is -0.121. The van der Waals surface area contributed by atoms with E-state index in [4.69, 9.17) is 0 Å². The number of nitrogens with zero attached hydrogens (tertiary/aromatic N) is 3. The number of anilines is 2. The third-order valence-electron chi connectivity index (χ3n) is 6.23. The van der Waals surface area contributed by atoms with Crippen molar-refractivity contribution in [3.05, 3.63) is 54.1 Å². The maximum atomic E-state index is 13.2. The van der Waals surface area contributed by atoms with Crippen molar-refractivity contribution < 1.29 is 18.0 Å². The number of hydrogen-bond donors (Lipinski definition) is 1. The van der Waals surface area contributed by atoms with Crippen molar-refractivity contribution in [2.75, 3.05) is 29.9 Å². The first-order chi connectivity index (χ1) is 15.4. The Labute approximate surface area is 187 Å². The Bertz CT molecular complexity index is 1220. The summed E-state index contributed by atoms with van der Waals surface area (Å²) < 4.78 is 28.9. The molecule has 2 saturated heterocycles. The van der Waals surface area contributed by atoms with Gasteiger partial charge in [0.1, 0.15) is 4.90 Å². The Morgan fingerprint density at radius 3 is 2.62 bits per heavy atom. The summed E-state index contributed by atoms with van der Waals surface area (Å²) in [6, 6.07) is 14.1. The van der Waals surface area contributed by atoms with Crippen LogP contribution >= 0.6 is 0 Å². The summed E-state index contributed by atoms with van der Waals surface area (Å²) in [6.07, 6.45) is 2.79. The SMILES string of the molecule is O=C(Nc1ccccc1N1CCCC1=O)[C@@H]1CCCN(C2=NS(=O)(=O)c3ccccc32)C1. The van der Waals surface area contributed by atoms with Crippen LogP contribution in [0.2, 0.25) is 0 Å². The van der Waals surface area contributed by atoms with Gasteiger partial charge in [0.2, 0.25) is 11.8 Å². The van der Waals surface area contributed by atoms with Crippen molar-refractivity contribution in [1.29, 1.82) is 0 Å². The fourth-order valence-electron chi connectivity index (χ4n) is 4.65. The molecule has 8 nitrogen and oxygen atoms in total. The lowest BCUT2D eigenvalue weighted by Crippen LogP contribution is -2.43. The Balaban J connectivity index is 1.34. The van der Waals surface area contributed by atoms with Gasteiger partial charge in [0.25, 0.3) is 10.0 Å². The van der Waals surface area contributed by atoms with Gasteiger partial charge in [0.15, 0.2) is 5.84 Å². The molecule has 1 N–H and O–H groups in total. The highest BCUT2D eigenvalue weighted by molar-refractivity contribution is 7.90. The number of likely N-dealkylation sites (tertiary alicyclic amines) is 1. The summed E-state index contributed by atoms with van der Waals surface area (Å²) in [4.78, 5) is 29.2. The Morgan fingerprint density at radius 1 is 1.03 bits per heavy atom. The van der Waals surface area contributed by atoms with E-state index < -0.39 is 10.0 Å². The van der Waals surface area contributed by atoms with Crippen molar-refractivity contribution >= 4 is 39.0 Å². The highest BCUT2D eigenvalue weighted by Crippen LogP contribution is 2.32. The number of nitrogens with one attached hydrogen (secondary N) is 1. The van der Waals surface area contributed by atoms with Gasteiger partial charge in [0.05, 0.1) is 17.3 Å². The molecule has 0 spiro atoms. The molecular formula is C23H24N4O4S. The molecule has 1 atom stereocenters. The van der Waals surface area contributed by atoms with E-state index in [9.17, 15) is 18.0 Å². The van der Waals surface area contributed by atoms with Crippen LogP contribution < -0.4 is 10.2 Å². The molecule has 9 heteroatoms. The third kappa shape index (κ3) is 3.66. The summed E-state index contributed by atoms with van der Waals surface area (Å²) >= 11 is 0. The molecule has 2 amide bonds. The van der Waals surface area contributed by atoms with Gasteiger partial charge in [-0.1, -0.05) is 24.3 Å². The molecule has 3 heterocycles. The molecule has 166 valence electrons. The van der Waals surface area contributed by atoms with Crippen LogP contribution in [0.5, 0.6) is 0 Å². The number of piperidine rings is 1. The first-order valence-electron chi connectivity index (χ1n) is 10.8. The van der Waals surface area contributed by atoms with Gasteiger partial charge >= 0.3 is 0 Å². The lowest BCUT2D eigenvalue weighted by Gasteiger charge is -2.33. The molecule has 0 bridgehead atoms. The van der Waals surface area contributed by atoms with Crippen LogP contribution in [0.25, 0.3) is 0 Å². The van der Waals surface area contributed by atoms with Gasteiger partial charge in [-0.15, -0.1) is 4.40 Å². The van der Waals surface area contributed by atoms with Crippen LogP contribution in [0.3, 0.4) is 0 Å². The average Bonchev–Trinajstić information content (AvgIpc) is 3.35. The first kappa shape index (κ1) is 20.7. The number of amides is 2. The van der Waals surface area contributed by atoms with Crippen molar-refractivity contribution in [3.8, 4) is 0 Å². The second-order valence-corrected chi connectivity index (χ2v) is 9.90. The van der Waals surface area contributed by atoms with Gasteiger partial charge < -0.3 is 15.1 Å². The van der Waals surface area contributed by atoms with Crippen molar-refractivity contribution in [2.45, 2.75) is 30.6 Å². The van der Waals surface area contributed by atoms with E-state index in [0.717, 1.165) is 18.5 Å². The molecular weight excluding hydrogens is 428 g/mol. The van der Waals surface area contributed by atoms with Crippen LogP contribution in [0, 0.1) is 5.92 Å². The molecule has 3 aliphatic rings. The molecule has 0 aromatic heterocycles. The Hall–Kier alpha value is -3.20. The molecule has 32 heavy (non-hydrogen) atoms. The number of amidine groups is 1. The Kier molecular flexibility index (Phi) is 5.21. The standard InChI is InChI=1S/C23H24N4O4S/c28-21-12-6-14-27(21)19-10-3-2-9-18(19)24-23(29)16-7-5-13-26(15-16)22-17-8-1-4-11-20(17)32(30,31)25-22/h1-4,8-11,16H,5-7,12-15H2,(H,24,29)/t16-/m1/s1. The zero-order valence-corrected chi connectivity index (χ0v) is 18.3. The normalized spacial score (nSPS) is 21.9. The van der Waals surface area contributed by atoms with Gasteiger partial charge in [0, 0.05) is 31.6 Å². The summed E-state index contributed by atoms with van der Waals surface area (Å²) in [5.41, 5.74) is 1.93. The summed E-state index contributed by atoms with van der Waals surface area (Å²) in [5.74, 6) is 0.0311. The smallest absolute Gasteiger partial charge is 0.285 e. The molecule has 2 aromatic carbocycles. The summed E-state index contributed by atoms with van der Waals surface area (Å²) in [6.45, 7) is 1.68. The van der Waals surface area contributed by atoms with Crippen LogP contribution in [-0.2, 0) is 19.6 Å². The highest BCUT2D eigenvalue weighted by atomic mass is 32.2. The number of sulfonamides is 1. The fourth-order valence-corrected chi connectivity index (χ4v) is 5.88. The molecule has 2 fully saturated rings. The molecule has 0 unspecified atom stereocenters. The van der Waals surface area contributed by atoms with E-state index in [0.29, 0.717) is 49.6 Å². The van der Waals surface area contributed by atoms with E-state index in [1.807, 2.05) is 29.2 Å². The zero-order valence-electron chi connectivity index (χ0n) is 17.5. The molecule has 2 aromatic rings. The third-order valence-corrected chi connectivity index (χ3v) is 7.56. The number of benzene rings is 2. The maximum Gasteiger partial charge on any atom is 0.285 e. The van der Waals surface area contributed by atoms with Crippen molar-refractivity contribution in [1.82, 2.24) is 4.90 Å². The lowest BCUT2D eigenvalue weighted by atomic mass is 9.96. The van der Waals surface area contributed by atoms with Crippen LogP contribution in [0.4, 0.5) is 11.4 Å². The number of para-hydroxylation sites is 2. The fraction of sp³-hybridized carbons (Fsp3) is 0.348. The van der Waals surface area contributed by atoms with Gasteiger partial charge in [-0.05, 0) is 43.5 Å². The minimum absolute atomic E-state index is 0.0645. The van der Waals surface area contributed by atoms with E-state index in [-0.39, 0.29) is 22.6 Å². The van der Waals surface area contributed by atoms with Gasteiger partial charge in [-0.3, -0.25) is 9.59 Å². The zero-order chi connectivity index (χ0) is 22.3. The van der Waals surface area contributed by atoms with E-state index >= 15 is 0 Å². The van der Waals surface area contributed by atoms with Crippen LogP contribution in [0.1, 0.15) is 31.2 Å². The number of rotatable bonds is 3. The molecule has 0 saturated carbocycles. The highest BCUT2D eigenvalue weighted by Gasteiger charge is 2.35. The first-order valence-corrected chi connectivity index (χ1v) is 12.3. The van der Waals surface area contributed by atoms with E-state index in [2.05, 4.69) is 9.71 Å². The molecule has 0 aliphatic carbocycles. The predicted octanol–water partition coefficient (Wildman–Crippen LogP) is 2.61. The molecule has 3 aliphatic heterocycles. The number of hydrogen-bond acceptors (Lipinski definition) is 5. The number of fused-ring (bicyclic) bond motifs is 1. The van der Waals surface area contributed by atoms with Crippen molar-refractivity contribution in [2.24, 2.45) is 10.3 Å². The monoisotopic (exact) mass is 452 g/mol. The van der Waals surface area contributed by atoms with Crippen LogP contribution in [0.15, 0.2) is 57.8 Å². The van der Waals surface area contributed by atoms with Gasteiger partial charge in [-0.2, -0.15) is 8.42 Å². The average molecular weight is 453 g/mol. The number of carbonyl (C=O) groups is 2. The maximum absolute atomic E-state index is 13.2. The quantitative estimate of drug-likeness (QED) is 0.772. The molecule has 0 radical (unpaired) electrons. The summed E-state index contributed by atoms with van der Waals surface area (Å²) in [5, 5.41) is 3.01. The van der Waals surface area contributed by atoms with Gasteiger partial charge in [-0.25, -0.2) is 0 Å². The predicted molar refractivity (Wildman–Crippen MR) is 121 cm³/mol. The topological polar surface area (TPSA) is 99.2 Å². The Morgan fingerprint density at radius 2 is 1.81 bits per heavy atom.